The first-order valence-electron chi connectivity index (χ1n) is 7.58. The van der Waals surface area contributed by atoms with Crippen LogP contribution < -0.4 is 9.84 Å². The molecule has 3 rings (SSSR count). The molecule has 3 aromatic carbocycles. The van der Waals surface area contributed by atoms with Crippen molar-refractivity contribution in [2.75, 3.05) is 5.32 Å². The number of carbonyl (C=O) groups excluding carboxylic acids is 1. The first-order chi connectivity index (χ1) is 12.2. The van der Waals surface area contributed by atoms with E-state index in [-0.39, 0.29) is 70.4 Å². The van der Waals surface area contributed by atoms with Crippen LogP contribution in [0.15, 0.2) is 54.6 Å². The van der Waals surface area contributed by atoms with Gasteiger partial charge >= 0.3 is 7.82 Å². The third-order valence-corrected chi connectivity index (χ3v) is 4.42. The third kappa shape index (κ3) is 6.57. The number of phosphoric ester groups is 1. The molecule has 0 unspecified atom stereocenters. The summed E-state index contributed by atoms with van der Waals surface area (Å²) in [5.74, 6) is -0.745. The number of rotatable bonds is 4. The molecule has 0 aliphatic rings. The Labute approximate surface area is 211 Å². The first-order valence-corrected chi connectivity index (χ1v) is 9.49. The molecule has 0 saturated carbocycles. The van der Waals surface area contributed by atoms with Gasteiger partial charge in [0.05, 0.1) is 5.56 Å². The van der Waals surface area contributed by atoms with Crippen LogP contribution in [0.4, 0.5) is 5.69 Å². The number of hydrogen-bond donors (Lipinski definition) is 3. The van der Waals surface area contributed by atoms with Crippen LogP contribution in [0.3, 0.4) is 0 Å². The average Bonchev–Trinajstić information content (AvgIpc) is 2.55. The van der Waals surface area contributed by atoms with E-state index in [0.29, 0.717) is 16.1 Å². The Morgan fingerprint density at radius 1 is 1.04 bits per heavy atom. The van der Waals surface area contributed by atoms with E-state index in [1.54, 1.807) is 49.4 Å². The summed E-state index contributed by atoms with van der Waals surface area (Å²) in [7, 11) is -4.83. The Balaban J connectivity index is 0.00000196. The van der Waals surface area contributed by atoms with Gasteiger partial charge in [0.2, 0.25) is 0 Å². The van der Waals surface area contributed by atoms with Gasteiger partial charge in [-0.15, -0.1) is 0 Å². The average molecular weight is 438 g/mol. The molecule has 0 heterocycles. The molecular weight excluding hydrogens is 423 g/mol. The number of anilines is 1. The minimum Gasteiger partial charge on any atom is -0.403 e. The van der Waals surface area contributed by atoms with E-state index in [9.17, 15) is 9.36 Å². The summed E-state index contributed by atoms with van der Waals surface area (Å²) in [5, 5.41) is 4.68. The molecule has 0 aromatic heterocycles. The number of amides is 1. The van der Waals surface area contributed by atoms with Crippen LogP contribution in [0.2, 0.25) is 5.02 Å². The Kier molecular flexibility index (Phi) is 9.71. The van der Waals surface area contributed by atoms with Crippen molar-refractivity contribution in [1.82, 2.24) is 0 Å². The predicted molar refractivity (Wildman–Crippen MR) is 112 cm³/mol. The van der Waals surface area contributed by atoms with Crippen molar-refractivity contribution < 1.29 is 23.7 Å². The van der Waals surface area contributed by atoms with E-state index in [1.165, 1.54) is 12.1 Å². The molecule has 0 aliphatic heterocycles. The number of phosphoric acid groups is 1. The van der Waals surface area contributed by atoms with Gasteiger partial charge in [-0.1, -0.05) is 35.9 Å². The van der Waals surface area contributed by atoms with Gasteiger partial charge in [-0.3, -0.25) is 14.6 Å². The molecule has 28 heavy (non-hydrogen) atoms. The molecule has 0 bridgehead atoms. The Bertz CT molecular complexity index is 1060. The molecule has 0 atom stereocenters. The summed E-state index contributed by atoms with van der Waals surface area (Å²) >= 11 is 5.91. The van der Waals surface area contributed by atoms with E-state index in [4.69, 9.17) is 25.9 Å². The van der Waals surface area contributed by atoms with Crippen molar-refractivity contribution in [2.24, 2.45) is 0 Å². The summed E-state index contributed by atoms with van der Waals surface area (Å²) in [6.45, 7) is 1.79. The SMILES string of the molecule is Cc1cc(Cl)ccc1NC(=O)c1cc2ccccc2cc1OP(=O)(O)O.[Na].[Na]. The summed E-state index contributed by atoms with van der Waals surface area (Å²) in [5.41, 5.74) is 1.31. The van der Waals surface area contributed by atoms with E-state index in [1.807, 2.05) is 0 Å². The molecule has 0 saturated heterocycles. The van der Waals surface area contributed by atoms with Gasteiger partial charge in [-0.2, -0.15) is 0 Å². The smallest absolute Gasteiger partial charge is 0.403 e. The monoisotopic (exact) mass is 437 g/mol. The summed E-state index contributed by atoms with van der Waals surface area (Å²) in [4.78, 5) is 31.0. The van der Waals surface area contributed by atoms with Crippen LogP contribution in [0.25, 0.3) is 10.8 Å². The normalized spacial score (nSPS) is 10.6. The van der Waals surface area contributed by atoms with Crippen LogP contribution in [-0.4, -0.2) is 74.8 Å². The summed E-state index contributed by atoms with van der Waals surface area (Å²) in [6.07, 6.45) is 0. The van der Waals surface area contributed by atoms with Gasteiger partial charge in [0.25, 0.3) is 5.91 Å². The molecular formula is C18H15ClNNa2O5P. The predicted octanol–water partition coefficient (Wildman–Crippen LogP) is 3.76. The van der Waals surface area contributed by atoms with E-state index < -0.39 is 13.7 Å². The minimum atomic E-state index is -4.83. The number of carbonyl (C=O) groups is 1. The van der Waals surface area contributed by atoms with Crippen molar-refractivity contribution in [3.05, 3.63) is 70.7 Å². The van der Waals surface area contributed by atoms with Crippen LogP contribution in [0.5, 0.6) is 5.75 Å². The molecule has 1 amide bonds. The summed E-state index contributed by atoms with van der Waals surface area (Å²) in [6, 6.07) is 15.1. The van der Waals surface area contributed by atoms with Gasteiger partial charge in [0, 0.05) is 69.8 Å². The Morgan fingerprint density at radius 3 is 2.21 bits per heavy atom. The largest absolute Gasteiger partial charge is 0.524 e. The van der Waals surface area contributed by atoms with Crippen molar-refractivity contribution in [2.45, 2.75) is 6.92 Å². The number of aryl methyl sites for hydroxylation is 1. The number of hydrogen-bond acceptors (Lipinski definition) is 3. The van der Waals surface area contributed by atoms with Crippen molar-refractivity contribution in [3.8, 4) is 5.75 Å². The standard InChI is InChI=1S/C18H15ClNO5P.2Na/c1-11-8-14(19)6-7-16(11)20-18(21)15-9-12-4-2-3-5-13(12)10-17(15)25-26(22,23)24;;/h2-10H,1H3,(H,20,21)(H2,22,23,24);;. The van der Waals surface area contributed by atoms with Crippen molar-refractivity contribution >= 4 is 101 Å². The van der Waals surface area contributed by atoms with Gasteiger partial charge in [0.1, 0.15) is 5.75 Å². The topological polar surface area (TPSA) is 95.9 Å². The maximum absolute atomic E-state index is 12.7. The molecule has 6 nitrogen and oxygen atoms in total. The molecule has 3 N–H and O–H groups in total. The third-order valence-electron chi connectivity index (χ3n) is 3.75. The molecule has 0 spiro atoms. The van der Waals surface area contributed by atoms with Gasteiger partial charge in [-0.25, -0.2) is 4.57 Å². The van der Waals surface area contributed by atoms with Crippen LogP contribution in [0.1, 0.15) is 15.9 Å². The van der Waals surface area contributed by atoms with Crippen LogP contribution in [-0.2, 0) is 4.57 Å². The second kappa shape index (κ2) is 10.6. The quantitative estimate of drug-likeness (QED) is 0.426. The van der Waals surface area contributed by atoms with Gasteiger partial charge < -0.3 is 9.84 Å². The number of halogens is 1. The van der Waals surface area contributed by atoms with Crippen LogP contribution in [0, 0.1) is 6.92 Å². The maximum Gasteiger partial charge on any atom is 0.524 e. The fourth-order valence-corrected chi connectivity index (χ4v) is 3.19. The minimum absolute atomic E-state index is 0. The molecule has 0 aliphatic carbocycles. The number of benzene rings is 3. The number of fused-ring (bicyclic) bond motifs is 1. The van der Waals surface area contributed by atoms with E-state index in [0.717, 1.165) is 10.9 Å². The zero-order valence-electron chi connectivity index (χ0n) is 15.6. The zero-order chi connectivity index (χ0) is 18.9. The van der Waals surface area contributed by atoms with Crippen molar-refractivity contribution in [3.63, 3.8) is 0 Å². The second-order valence-electron chi connectivity index (χ2n) is 5.69. The van der Waals surface area contributed by atoms with E-state index >= 15 is 0 Å². The summed E-state index contributed by atoms with van der Waals surface area (Å²) < 4.78 is 16.0. The van der Waals surface area contributed by atoms with Crippen LogP contribution >= 0.6 is 19.4 Å². The molecule has 3 aromatic rings. The van der Waals surface area contributed by atoms with Crippen molar-refractivity contribution in [1.29, 1.82) is 0 Å². The molecule has 10 heteroatoms. The first kappa shape index (κ1) is 25.7. The Morgan fingerprint density at radius 2 is 1.64 bits per heavy atom. The Hall–Kier alpha value is -0.370. The fourth-order valence-electron chi connectivity index (χ4n) is 2.56. The van der Waals surface area contributed by atoms with Gasteiger partial charge in [0.15, 0.2) is 0 Å². The maximum atomic E-state index is 12.7. The molecule has 0 fully saturated rings. The number of nitrogens with one attached hydrogen (secondary N) is 1. The molecule has 2 radical (unpaired) electrons. The molecule has 136 valence electrons. The van der Waals surface area contributed by atoms with E-state index in [2.05, 4.69) is 5.32 Å². The fraction of sp³-hybridized carbons (Fsp3) is 0.0556. The second-order valence-corrected chi connectivity index (χ2v) is 7.29. The van der Waals surface area contributed by atoms with Gasteiger partial charge in [-0.05, 0) is 53.6 Å². The zero-order valence-corrected chi connectivity index (χ0v) is 21.3.